The molecule has 1 rings (SSSR count). The second-order valence-corrected chi connectivity index (χ2v) is 3.14. The van der Waals surface area contributed by atoms with Gasteiger partial charge < -0.3 is 4.74 Å². The molecular formula is C10H14N2O2. The van der Waals surface area contributed by atoms with Crippen molar-refractivity contribution in [2.75, 3.05) is 13.7 Å². The van der Waals surface area contributed by atoms with Crippen LogP contribution in [0.15, 0.2) is 18.6 Å². The van der Waals surface area contributed by atoms with Gasteiger partial charge in [0, 0.05) is 25.8 Å². The number of carbonyl (C=O) groups excluding carboxylic acids is 1. The van der Waals surface area contributed by atoms with Crippen LogP contribution in [-0.4, -0.2) is 29.5 Å². The summed E-state index contributed by atoms with van der Waals surface area (Å²) in [6.07, 6.45) is 3.68. The highest BCUT2D eigenvalue weighted by molar-refractivity contribution is 5.95. The number of carbonyl (C=O) groups is 1. The summed E-state index contributed by atoms with van der Waals surface area (Å²) >= 11 is 0. The van der Waals surface area contributed by atoms with Gasteiger partial charge >= 0.3 is 0 Å². The molecule has 0 fully saturated rings. The number of ether oxygens (including phenoxy) is 1. The summed E-state index contributed by atoms with van der Waals surface area (Å²) in [5.74, 6) is -0.00528. The van der Waals surface area contributed by atoms with Gasteiger partial charge in [0.25, 0.3) is 0 Å². The van der Waals surface area contributed by atoms with Gasteiger partial charge in [-0.2, -0.15) is 0 Å². The zero-order valence-corrected chi connectivity index (χ0v) is 8.43. The van der Waals surface area contributed by atoms with Crippen molar-refractivity contribution in [2.24, 2.45) is 5.92 Å². The highest BCUT2D eigenvalue weighted by Gasteiger charge is 2.15. The van der Waals surface area contributed by atoms with Crippen LogP contribution in [0.1, 0.15) is 23.8 Å². The van der Waals surface area contributed by atoms with Crippen LogP contribution in [-0.2, 0) is 4.74 Å². The van der Waals surface area contributed by atoms with Gasteiger partial charge in [0.15, 0.2) is 5.78 Å². The van der Waals surface area contributed by atoms with E-state index in [2.05, 4.69) is 9.97 Å². The topological polar surface area (TPSA) is 52.1 Å². The number of Topliss-reactive ketones (excluding diaryl/α,β-unsaturated/α-hetero) is 1. The van der Waals surface area contributed by atoms with Crippen LogP contribution in [0.2, 0.25) is 0 Å². The summed E-state index contributed by atoms with van der Waals surface area (Å²) in [6.45, 7) is 2.47. The first-order chi connectivity index (χ1) is 6.75. The molecule has 0 N–H and O–H groups in total. The Morgan fingerprint density at radius 1 is 1.64 bits per heavy atom. The molecule has 0 amide bonds. The maximum Gasteiger partial charge on any atom is 0.184 e. The van der Waals surface area contributed by atoms with E-state index in [9.17, 15) is 4.79 Å². The largest absolute Gasteiger partial charge is 0.385 e. The van der Waals surface area contributed by atoms with Crippen molar-refractivity contribution in [3.8, 4) is 0 Å². The number of methoxy groups -OCH3 is 1. The normalized spacial score (nSPS) is 12.4. The van der Waals surface area contributed by atoms with E-state index in [4.69, 9.17) is 4.74 Å². The van der Waals surface area contributed by atoms with Gasteiger partial charge in [0.1, 0.15) is 12.0 Å². The summed E-state index contributed by atoms with van der Waals surface area (Å²) in [7, 11) is 1.63. The highest BCUT2D eigenvalue weighted by atomic mass is 16.5. The third-order valence-electron chi connectivity index (χ3n) is 2.04. The van der Waals surface area contributed by atoms with Gasteiger partial charge in [-0.05, 0) is 12.5 Å². The molecule has 0 aromatic carbocycles. The molecule has 0 radical (unpaired) electrons. The molecule has 0 aliphatic rings. The number of rotatable bonds is 5. The average molecular weight is 194 g/mol. The molecule has 4 heteroatoms. The second-order valence-electron chi connectivity index (χ2n) is 3.14. The molecule has 0 aliphatic carbocycles. The molecule has 1 aromatic rings. The fourth-order valence-electron chi connectivity index (χ4n) is 1.11. The predicted octanol–water partition coefficient (Wildman–Crippen LogP) is 1.33. The first kappa shape index (κ1) is 10.8. The molecule has 0 aliphatic heterocycles. The minimum Gasteiger partial charge on any atom is -0.385 e. The first-order valence-corrected chi connectivity index (χ1v) is 4.55. The van der Waals surface area contributed by atoms with E-state index in [1.165, 1.54) is 6.33 Å². The van der Waals surface area contributed by atoms with Crippen LogP contribution in [0.4, 0.5) is 0 Å². The lowest BCUT2D eigenvalue weighted by molar-refractivity contribution is 0.0888. The number of hydrogen-bond acceptors (Lipinski definition) is 4. The zero-order chi connectivity index (χ0) is 10.4. The fraction of sp³-hybridized carbons (Fsp3) is 0.500. The molecule has 0 bridgehead atoms. The minimum atomic E-state index is -0.0511. The lowest BCUT2D eigenvalue weighted by Gasteiger charge is -2.08. The van der Waals surface area contributed by atoms with Crippen LogP contribution in [0.3, 0.4) is 0 Å². The Morgan fingerprint density at radius 2 is 2.43 bits per heavy atom. The van der Waals surface area contributed by atoms with Crippen molar-refractivity contribution in [1.82, 2.24) is 9.97 Å². The minimum absolute atomic E-state index is 0.0458. The molecule has 1 heterocycles. The van der Waals surface area contributed by atoms with Crippen molar-refractivity contribution in [3.63, 3.8) is 0 Å². The molecule has 76 valence electrons. The van der Waals surface area contributed by atoms with Crippen molar-refractivity contribution < 1.29 is 9.53 Å². The van der Waals surface area contributed by atoms with Gasteiger partial charge in [-0.15, -0.1) is 0 Å². The van der Waals surface area contributed by atoms with Gasteiger partial charge in [0.2, 0.25) is 0 Å². The van der Waals surface area contributed by atoms with E-state index < -0.39 is 0 Å². The van der Waals surface area contributed by atoms with Crippen molar-refractivity contribution in [3.05, 3.63) is 24.3 Å². The number of ketones is 1. The summed E-state index contributed by atoms with van der Waals surface area (Å²) in [5, 5.41) is 0. The van der Waals surface area contributed by atoms with Crippen molar-refractivity contribution >= 4 is 5.78 Å². The molecule has 0 saturated heterocycles. The summed E-state index contributed by atoms with van der Waals surface area (Å²) in [6, 6.07) is 1.63. The predicted molar refractivity (Wildman–Crippen MR) is 52.0 cm³/mol. The Morgan fingerprint density at radius 3 is 3.00 bits per heavy atom. The number of hydrogen-bond donors (Lipinski definition) is 0. The van der Waals surface area contributed by atoms with E-state index in [1.54, 1.807) is 19.4 Å². The Kier molecular flexibility index (Phi) is 4.19. The van der Waals surface area contributed by atoms with Crippen LogP contribution < -0.4 is 0 Å². The van der Waals surface area contributed by atoms with Crippen LogP contribution >= 0.6 is 0 Å². The SMILES string of the molecule is COCCC(C)C(=O)c1ccncn1. The van der Waals surface area contributed by atoms with E-state index >= 15 is 0 Å². The van der Waals surface area contributed by atoms with Crippen molar-refractivity contribution in [1.29, 1.82) is 0 Å². The van der Waals surface area contributed by atoms with Gasteiger partial charge in [-0.25, -0.2) is 9.97 Å². The van der Waals surface area contributed by atoms with Gasteiger partial charge in [-0.1, -0.05) is 6.92 Å². The van der Waals surface area contributed by atoms with Crippen LogP contribution in [0, 0.1) is 5.92 Å². The highest BCUT2D eigenvalue weighted by Crippen LogP contribution is 2.09. The van der Waals surface area contributed by atoms with E-state index in [-0.39, 0.29) is 11.7 Å². The number of nitrogens with zero attached hydrogens (tertiary/aromatic N) is 2. The Bertz CT molecular complexity index is 287. The lowest BCUT2D eigenvalue weighted by Crippen LogP contribution is -2.14. The molecule has 1 unspecified atom stereocenters. The maximum absolute atomic E-state index is 11.7. The van der Waals surface area contributed by atoms with Gasteiger partial charge in [-0.3, -0.25) is 4.79 Å². The summed E-state index contributed by atoms with van der Waals surface area (Å²) < 4.78 is 4.91. The lowest BCUT2D eigenvalue weighted by atomic mass is 10.0. The van der Waals surface area contributed by atoms with Crippen LogP contribution in [0.25, 0.3) is 0 Å². The quantitative estimate of drug-likeness (QED) is 0.663. The molecular weight excluding hydrogens is 180 g/mol. The maximum atomic E-state index is 11.7. The van der Waals surface area contributed by atoms with Gasteiger partial charge in [0.05, 0.1) is 0 Å². The summed E-state index contributed by atoms with van der Waals surface area (Å²) in [4.78, 5) is 19.4. The fourth-order valence-corrected chi connectivity index (χ4v) is 1.11. The Balaban J connectivity index is 2.57. The molecule has 14 heavy (non-hydrogen) atoms. The standard InChI is InChI=1S/C10H14N2O2/c1-8(4-6-14-2)10(13)9-3-5-11-7-12-9/h3,5,7-8H,4,6H2,1-2H3. The number of aromatic nitrogens is 2. The second kappa shape index (κ2) is 5.44. The third kappa shape index (κ3) is 2.88. The van der Waals surface area contributed by atoms with E-state index in [1.807, 2.05) is 6.92 Å². The molecule has 1 atom stereocenters. The summed E-state index contributed by atoms with van der Waals surface area (Å²) in [5.41, 5.74) is 0.476. The monoisotopic (exact) mass is 194 g/mol. The molecule has 1 aromatic heterocycles. The average Bonchev–Trinajstić information content (AvgIpc) is 2.26. The van der Waals surface area contributed by atoms with E-state index in [0.29, 0.717) is 12.3 Å². The molecule has 0 saturated carbocycles. The zero-order valence-electron chi connectivity index (χ0n) is 8.43. The smallest absolute Gasteiger partial charge is 0.184 e. The Hall–Kier alpha value is -1.29. The van der Waals surface area contributed by atoms with Crippen LogP contribution in [0.5, 0.6) is 0 Å². The van der Waals surface area contributed by atoms with Crippen molar-refractivity contribution in [2.45, 2.75) is 13.3 Å². The molecule has 4 nitrogen and oxygen atoms in total. The first-order valence-electron chi connectivity index (χ1n) is 4.55. The molecule has 0 spiro atoms. The van der Waals surface area contributed by atoms with E-state index in [0.717, 1.165) is 6.42 Å². The third-order valence-corrected chi connectivity index (χ3v) is 2.04. The Labute approximate surface area is 83.3 Å².